The van der Waals surface area contributed by atoms with E-state index in [2.05, 4.69) is 55.3 Å². The third-order valence-electron chi connectivity index (χ3n) is 9.11. The zero-order chi connectivity index (χ0) is 27.9. The van der Waals surface area contributed by atoms with E-state index in [1.807, 2.05) is 42.5 Å². The number of hydrogen-bond acceptors (Lipinski definition) is 6. The number of nitrogens with one attached hydrogen (secondary N) is 1. The highest BCUT2D eigenvalue weighted by molar-refractivity contribution is 7.22. The molecule has 6 nitrogen and oxygen atoms in total. The summed E-state index contributed by atoms with van der Waals surface area (Å²) in [5.74, 6) is 2.15. The normalized spacial score (nSPS) is 21.5. The second-order valence-corrected chi connectivity index (χ2v) is 13.2. The fourth-order valence-electron chi connectivity index (χ4n) is 7.13. The Morgan fingerprint density at radius 3 is 2.54 bits per heavy atom. The number of para-hydroxylation sites is 1. The van der Waals surface area contributed by atoms with E-state index in [9.17, 15) is 4.79 Å². The second-order valence-electron chi connectivity index (χ2n) is 12.2. The van der Waals surface area contributed by atoms with Gasteiger partial charge in [-0.2, -0.15) is 0 Å². The van der Waals surface area contributed by atoms with E-state index < -0.39 is 0 Å². The molecule has 6 aromatic rings. The summed E-state index contributed by atoms with van der Waals surface area (Å²) < 4.78 is 7.91. The van der Waals surface area contributed by atoms with Crippen LogP contribution >= 0.6 is 11.3 Å². The maximum absolute atomic E-state index is 13.3. The van der Waals surface area contributed by atoms with E-state index in [1.54, 1.807) is 0 Å². The molecule has 1 aliphatic heterocycles. The molecule has 3 heterocycles. The van der Waals surface area contributed by atoms with Crippen molar-refractivity contribution in [2.24, 2.45) is 11.8 Å². The number of fused-ring (bicyclic) bond motifs is 10. The number of hydrogen-bond donors (Lipinski definition) is 1. The Morgan fingerprint density at radius 1 is 0.902 bits per heavy atom. The lowest BCUT2D eigenvalue weighted by molar-refractivity contribution is -0.0115. The molecule has 0 bridgehead atoms. The smallest absolute Gasteiger partial charge is 0.257 e. The van der Waals surface area contributed by atoms with Gasteiger partial charge in [-0.3, -0.25) is 10.1 Å². The maximum atomic E-state index is 13.3. The fourth-order valence-corrected chi connectivity index (χ4v) is 7.99. The van der Waals surface area contributed by atoms with Crippen molar-refractivity contribution in [1.29, 1.82) is 0 Å². The van der Waals surface area contributed by atoms with Crippen molar-refractivity contribution in [3.63, 3.8) is 0 Å². The summed E-state index contributed by atoms with van der Waals surface area (Å²) in [6, 6.07) is 21.8. The predicted octanol–water partition coefficient (Wildman–Crippen LogP) is 8.49. The number of nitrogens with zero attached hydrogens (tertiary/aromatic N) is 3. The average molecular weight is 559 g/mol. The van der Waals surface area contributed by atoms with Crippen LogP contribution in [-0.2, 0) is 0 Å². The van der Waals surface area contributed by atoms with Gasteiger partial charge >= 0.3 is 0 Å². The molecule has 1 aliphatic carbocycles. The Labute approximate surface area is 241 Å². The quantitative estimate of drug-likeness (QED) is 0.170. The van der Waals surface area contributed by atoms with Gasteiger partial charge in [-0.15, -0.1) is 0 Å². The zero-order valence-electron chi connectivity index (χ0n) is 23.3. The lowest BCUT2D eigenvalue weighted by Gasteiger charge is -2.49. The summed E-state index contributed by atoms with van der Waals surface area (Å²) >= 11 is 1.47. The van der Waals surface area contributed by atoms with Crippen molar-refractivity contribution in [2.45, 2.75) is 51.6 Å². The van der Waals surface area contributed by atoms with E-state index in [-0.39, 0.29) is 11.5 Å². The molecule has 7 heteroatoms. The van der Waals surface area contributed by atoms with E-state index in [0.29, 0.717) is 34.0 Å². The molecule has 1 fully saturated rings. The fraction of sp³-hybridized carbons (Fsp3) is 0.294. The Kier molecular flexibility index (Phi) is 5.39. The molecule has 2 aromatic heterocycles. The molecule has 1 saturated carbocycles. The minimum Gasteiger partial charge on any atom is -0.487 e. The molecular weight excluding hydrogens is 528 g/mol. The Bertz CT molecular complexity index is 2000. The SMILES string of the molecule is CC1CCC2C(C1)c1c(c3ccccc3c3nc4ccc(C(=O)Nc5nc6ccccc6s5)cc4nc13)OC2(C)C. The van der Waals surface area contributed by atoms with Crippen LogP contribution in [0, 0.1) is 11.8 Å². The topological polar surface area (TPSA) is 77.0 Å². The molecule has 8 rings (SSSR count). The van der Waals surface area contributed by atoms with Crippen LogP contribution in [0.4, 0.5) is 5.13 Å². The van der Waals surface area contributed by atoms with Crippen LogP contribution in [-0.4, -0.2) is 26.5 Å². The highest BCUT2D eigenvalue weighted by atomic mass is 32.1. The minimum absolute atomic E-state index is 0.209. The number of amides is 1. The molecule has 4 aromatic carbocycles. The van der Waals surface area contributed by atoms with Gasteiger partial charge in [-0.05, 0) is 68.9 Å². The molecule has 204 valence electrons. The molecular formula is C34H30N4O2S. The van der Waals surface area contributed by atoms with Gasteiger partial charge in [0, 0.05) is 27.8 Å². The number of carbonyl (C=O) groups excluding carboxylic acids is 1. The first-order valence-electron chi connectivity index (χ1n) is 14.4. The number of benzene rings is 4. The van der Waals surface area contributed by atoms with E-state index in [0.717, 1.165) is 56.1 Å². The van der Waals surface area contributed by atoms with Crippen molar-refractivity contribution < 1.29 is 9.53 Å². The van der Waals surface area contributed by atoms with Gasteiger partial charge in [-0.25, -0.2) is 15.0 Å². The lowest BCUT2D eigenvalue weighted by Crippen LogP contribution is -2.46. The standard InChI is InChI=1S/C34H30N4O2S/c1-18-12-14-23-22(16-18)28-30-29(20-8-4-5-9-21(20)31(28)40-34(23,2)3)35-24-15-13-19(17-26(24)36-30)32(39)38-33-37-25-10-6-7-11-27(25)41-33/h4-11,13,15,17-18,22-23H,12,14,16H2,1-3H3,(H,37,38,39). The van der Waals surface area contributed by atoms with Crippen LogP contribution in [0.3, 0.4) is 0 Å². The number of ether oxygens (including phenoxy) is 1. The number of aromatic nitrogens is 3. The van der Waals surface area contributed by atoms with E-state index in [1.165, 1.54) is 23.3 Å². The molecule has 0 saturated heterocycles. The Balaban J connectivity index is 1.29. The van der Waals surface area contributed by atoms with Gasteiger partial charge < -0.3 is 4.74 Å². The molecule has 3 unspecified atom stereocenters. The van der Waals surface area contributed by atoms with Gasteiger partial charge in [-0.1, -0.05) is 61.1 Å². The monoisotopic (exact) mass is 558 g/mol. The van der Waals surface area contributed by atoms with Crippen LogP contribution in [0.5, 0.6) is 5.75 Å². The number of carbonyl (C=O) groups is 1. The van der Waals surface area contributed by atoms with Gasteiger partial charge in [0.05, 0.1) is 32.3 Å². The highest BCUT2D eigenvalue weighted by Crippen LogP contribution is 2.56. The van der Waals surface area contributed by atoms with Crippen molar-refractivity contribution in [2.75, 3.05) is 5.32 Å². The number of rotatable bonds is 2. The van der Waals surface area contributed by atoms with E-state index in [4.69, 9.17) is 14.7 Å². The van der Waals surface area contributed by atoms with Gasteiger partial charge in [0.25, 0.3) is 5.91 Å². The van der Waals surface area contributed by atoms with Crippen molar-refractivity contribution >= 4 is 65.4 Å². The first kappa shape index (κ1) is 24.7. The van der Waals surface area contributed by atoms with Crippen LogP contribution in [0.15, 0.2) is 66.7 Å². The Morgan fingerprint density at radius 2 is 1.68 bits per heavy atom. The molecule has 0 radical (unpaired) electrons. The summed E-state index contributed by atoms with van der Waals surface area (Å²) in [7, 11) is 0. The van der Waals surface area contributed by atoms with E-state index >= 15 is 0 Å². The lowest BCUT2D eigenvalue weighted by atomic mass is 9.64. The van der Waals surface area contributed by atoms with Gasteiger partial charge in [0.2, 0.25) is 0 Å². The van der Waals surface area contributed by atoms with Crippen LogP contribution in [0.25, 0.3) is 43.1 Å². The summed E-state index contributed by atoms with van der Waals surface area (Å²) in [5.41, 5.74) is 5.61. The maximum Gasteiger partial charge on any atom is 0.257 e. The van der Waals surface area contributed by atoms with Crippen LogP contribution < -0.4 is 10.1 Å². The van der Waals surface area contributed by atoms with Gasteiger partial charge in [0.1, 0.15) is 11.4 Å². The van der Waals surface area contributed by atoms with Gasteiger partial charge in [0.15, 0.2) is 5.13 Å². The Hall–Kier alpha value is -4.10. The highest BCUT2D eigenvalue weighted by Gasteiger charge is 2.47. The third-order valence-corrected chi connectivity index (χ3v) is 10.1. The molecule has 1 amide bonds. The van der Waals surface area contributed by atoms with Crippen molar-refractivity contribution in [3.05, 3.63) is 77.9 Å². The molecule has 41 heavy (non-hydrogen) atoms. The molecule has 1 N–H and O–H groups in total. The predicted molar refractivity (Wildman–Crippen MR) is 166 cm³/mol. The minimum atomic E-state index is -0.260. The third kappa shape index (κ3) is 3.90. The second kappa shape index (κ2) is 8.95. The largest absolute Gasteiger partial charge is 0.487 e. The van der Waals surface area contributed by atoms with Crippen LogP contribution in [0.1, 0.15) is 61.9 Å². The first-order chi connectivity index (χ1) is 19.9. The zero-order valence-corrected chi connectivity index (χ0v) is 24.1. The van der Waals surface area contributed by atoms with Crippen molar-refractivity contribution in [3.8, 4) is 5.75 Å². The number of thiazole rings is 1. The summed E-state index contributed by atoms with van der Waals surface area (Å²) in [6.45, 7) is 6.84. The molecule has 2 aliphatic rings. The summed E-state index contributed by atoms with van der Waals surface area (Å²) in [5, 5.41) is 5.70. The summed E-state index contributed by atoms with van der Waals surface area (Å²) in [6.07, 6.45) is 3.47. The first-order valence-corrected chi connectivity index (χ1v) is 15.2. The molecule has 0 spiro atoms. The average Bonchev–Trinajstić information content (AvgIpc) is 3.38. The van der Waals surface area contributed by atoms with Crippen LogP contribution in [0.2, 0.25) is 0 Å². The van der Waals surface area contributed by atoms with Crippen molar-refractivity contribution in [1.82, 2.24) is 15.0 Å². The number of anilines is 1. The summed E-state index contributed by atoms with van der Waals surface area (Å²) in [4.78, 5) is 28.3. The molecule has 3 atom stereocenters.